The third kappa shape index (κ3) is 11.5. The number of aliphatic hydroxyl groups excluding tert-OH is 7. The van der Waals surface area contributed by atoms with Gasteiger partial charge in [0.1, 0.15) is 24.4 Å². The van der Waals surface area contributed by atoms with Crippen molar-refractivity contribution in [2.45, 2.75) is 63.3 Å². The molecule has 0 saturated carbocycles. The highest BCUT2D eigenvalue weighted by atomic mass is 16.4. The van der Waals surface area contributed by atoms with Crippen molar-refractivity contribution in [3.63, 3.8) is 0 Å². The minimum absolute atomic E-state index is 0.407. The Morgan fingerprint density at radius 3 is 1.20 bits per heavy atom. The van der Waals surface area contributed by atoms with Crippen molar-refractivity contribution in [1.29, 1.82) is 0 Å². The van der Waals surface area contributed by atoms with Gasteiger partial charge in [0, 0.05) is 6.42 Å². The lowest BCUT2D eigenvalue weighted by molar-refractivity contribution is -0.123. The molecule has 0 saturated heterocycles. The molecule has 0 aromatic carbocycles. The predicted octanol–water partition coefficient (Wildman–Crippen LogP) is -3.06. The molecule has 8 nitrogen and oxygen atoms in total. The van der Waals surface area contributed by atoms with Gasteiger partial charge in [0.25, 0.3) is 0 Å². The fourth-order valence-corrected chi connectivity index (χ4v) is 1.39. The molecule has 20 heavy (non-hydrogen) atoms. The highest BCUT2D eigenvalue weighted by Crippen LogP contribution is 2.09. The average Bonchev–Trinajstić information content (AvgIpc) is 2.32. The summed E-state index contributed by atoms with van der Waals surface area (Å²) in [5.74, 6) is 0. The molecule has 0 radical (unpaired) electrons. The molecule has 0 aliphatic heterocycles. The van der Waals surface area contributed by atoms with Crippen LogP contribution in [0.15, 0.2) is 0 Å². The van der Waals surface area contributed by atoms with E-state index >= 15 is 0 Å². The van der Waals surface area contributed by atoms with Gasteiger partial charge >= 0.3 is 0 Å². The Balaban J connectivity index is 0. The molecule has 0 spiro atoms. The van der Waals surface area contributed by atoms with Crippen LogP contribution in [0, 0.1) is 0 Å². The Kier molecular flexibility index (Phi) is 11.4. The van der Waals surface area contributed by atoms with E-state index in [2.05, 4.69) is 0 Å². The second kappa shape index (κ2) is 10.4. The van der Waals surface area contributed by atoms with Crippen LogP contribution in [0.5, 0.6) is 0 Å². The normalized spacial score (nSPS) is 19.4. The molecular formula is C12H28O8. The lowest BCUT2D eigenvalue weighted by Crippen LogP contribution is -2.46. The van der Waals surface area contributed by atoms with E-state index in [0.717, 1.165) is 0 Å². The molecule has 0 fully saturated rings. The highest BCUT2D eigenvalue weighted by molar-refractivity contribution is 4.79. The van der Waals surface area contributed by atoms with Gasteiger partial charge in [-0.15, -0.1) is 0 Å². The fourth-order valence-electron chi connectivity index (χ4n) is 1.39. The van der Waals surface area contributed by atoms with Crippen LogP contribution < -0.4 is 0 Å². The van der Waals surface area contributed by atoms with Crippen molar-refractivity contribution in [1.82, 2.24) is 0 Å². The summed E-state index contributed by atoms with van der Waals surface area (Å²) in [6.45, 7) is 3.57. The molecule has 0 aromatic rings. The zero-order chi connectivity index (χ0) is 16.5. The first kappa shape index (κ1) is 22.0. The van der Waals surface area contributed by atoms with E-state index in [0.29, 0.717) is 6.42 Å². The summed E-state index contributed by atoms with van der Waals surface area (Å²) >= 11 is 0. The predicted molar refractivity (Wildman–Crippen MR) is 70.8 cm³/mol. The average molecular weight is 300 g/mol. The summed E-state index contributed by atoms with van der Waals surface area (Å²) in [7, 11) is 0. The molecule has 0 rings (SSSR count). The van der Waals surface area contributed by atoms with Gasteiger partial charge in [0.2, 0.25) is 0 Å². The third-order valence-electron chi connectivity index (χ3n) is 2.31. The number of rotatable bonds is 7. The molecule has 8 N–H and O–H groups in total. The standard InChI is InChI=1S/C6H14O6.C6H14O2/c7-1-3(9)5(11)6(12)4(10)2-8;1-5(7)4-6(2,3)8/h3-12H,1-2H2;5,7-8H,4H2,1-3H3/t3-,4+,5-,6-;/m1./s1. The van der Waals surface area contributed by atoms with Gasteiger partial charge in [-0.05, 0) is 20.8 Å². The van der Waals surface area contributed by atoms with Crippen LogP contribution in [0.1, 0.15) is 27.2 Å². The largest absolute Gasteiger partial charge is 0.394 e. The molecule has 0 aliphatic carbocycles. The van der Waals surface area contributed by atoms with Crippen molar-refractivity contribution in [3.8, 4) is 0 Å². The maximum Gasteiger partial charge on any atom is 0.111 e. The first-order chi connectivity index (χ1) is 8.96. The van der Waals surface area contributed by atoms with Gasteiger partial charge in [-0.2, -0.15) is 0 Å². The summed E-state index contributed by atoms with van der Waals surface area (Å²) in [6.07, 6.45) is -6.36. The highest BCUT2D eigenvalue weighted by Gasteiger charge is 2.29. The molecular weight excluding hydrogens is 272 g/mol. The van der Waals surface area contributed by atoms with Crippen molar-refractivity contribution >= 4 is 0 Å². The van der Waals surface area contributed by atoms with E-state index in [1.54, 1.807) is 20.8 Å². The van der Waals surface area contributed by atoms with Crippen LogP contribution in [0.3, 0.4) is 0 Å². The van der Waals surface area contributed by atoms with Crippen molar-refractivity contribution in [2.24, 2.45) is 0 Å². The van der Waals surface area contributed by atoms with E-state index in [9.17, 15) is 0 Å². The van der Waals surface area contributed by atoms with Gasteiger partial charge in [-0.1, -0.05) is 0 Å². The smallest absolute Gasteiger partial charge is 0.111 e. The molecule has 0 amide bonds. The first-order valence-electron chi connectivity index (χ1n) is 6.30. The monoisotopic (exact) mass is 300 g/mol. The Labute approximate surface area is 118 Å². The quantitative estimate of drug-likeness (QED) is 0.246. The zero-order valence-corrected chi connectivity index (χ0v) is 12.1. The maximum absolute atomic E-state index is 9.03. The maximum atomic E-state index is 9.03. The number of hydrogen-bond acceptors (Lipinski definition) is 8. The molecule has 0 heterocycles. The first-order valence-corrected chi connectivity index (χ1v) is 6.30. The van der Waals surface area contributed by atoms with Gasteiger partial charge in [-0.25, -0.2) is 0 Å². The van der Waals surface area contributed by atoms with E-state index in [1.807, 2.05) is 0 Å². The summed E-state index contributed by atoms with van der Waals surface area (Å²) in [6, 6.07) is 0. The molecule has 0 aliphatic rings. The minimum atomic E-state index is -1.67. The van der Waals surface area contributed by atoms with Crippen LogP contribution >= 0.6 is 0 Å². The molecule has 124 valence electrons. The van der Waals surface area contributed by atoms with E-state index in [-0.39, 0.29) is 0 Å². The third-order valence-corrected chi connectivity index (χ3v) is 2.31. The Bertz CT molecular complexity index is 214. The van der Waals surface area contributed by atoms with Crippen LogP contribution in [0.4, 0.5) is 0 Å². The fraction of sp³-hybridized carbons (Fsp3) is 1.00. The Morgan fingerprint density at radius 1 is 0.800 bits per heavy atom. The second-order valence-corrected chi connectivity index (χ2v) is 5.35. The Hall–Kier alpha value is -0.320. The second-order valence-electron chi connectivity index (χ2n) is 5.35. The summed E-state index contributed by atoms with van der Waals surface area (Å²) < 4.78 is 0. The van der Waals surface area contributed by atoms with Crippen LogP contribution in [-0.2, 0) is 0 Å². The van der Waals surface area contributed by atoms with E-state index in [1.165, 1.54) is 0 Å². The van der Waals surface area contributed by atoms with Crippen LogP contribution in [-0.4, -0.2) is 90.2 Å². The Morgan fingerprint density at radius 2 is 1.10 bits per heavy atom. The van der Waals surface area contributed by atoms with Gasteiger partial charge in [0.15, 0.2) is 0 Å². The van der Waals surface area contributed by atoms with Crippen molar-refractivity contribution in [2.75, 3.05) is 13.2 Å². The van der Waals surface area contributed by atoms with Gasteiger partial charge in [0.05, 0.1) is 24.9 Å². The number of aliphatic hydroxyl groups is 8. The van der Waals surface area contributed by atoms with Crippen LogP contribution in [0.2, 0.25) is 0 Å². The topological polar surface area (TPSA) is 162 Å². The van der Waals surface area contributed by atoms with Crippen molar-refractivity contribution in [3.05, 3.63) is 0 Å². The summed E-state index contributed by atoms with van der Waals surface area (Å²) in [4.78, 5) is 0. The summed E-state index contributed by atoms with van der Waals surface area (Å²) in [5.41, 5.74) is -0.728. The van der Waals surface area contributed by atoms with E-state index < -0.39 is 49.3 Å². The summed E-state index contributed by atoms with van der Waals surface area (Å²) in [5, 5.41) is 69.9. The SMILES string of the molecule is CC(O)CC(C)(C)O.OC[C@@H](O)[C@@H](O)[C@H](O)[C@@H](O)CO. The van der Waals surface area contributed by atoms with Gasteiger partial charge < -0.3 is 40.9 Å². The lowest BCUT2D eigenvalue weighted by Gasteiger charge is -2.24. The molecule has 0 bridgehead atoms. The molecule has 8 heteroatoms. The molecule has 5 atom stereocenters. The van der Waals surface area contributed by atoms with Gasteiger partial charge in [-0.3, -0.25) is 0 Å². The van der Waals surface area contributed by atoms with E-state index in [4.69, 9.17) is 40.9 Å². The zero-order valence-electron chi connectivity index (χ0n) is 12.1. The van der Waals surface area contributed by atoms with Crippen molar-refractivity contribution < 1.29 is 40.9 Å². The number of hydrogen-bond donors (Lipinski definition) is 8. The van der Waals surface area contributed by atoms with Crippen LogP contribution in [0.25, 0.3) is 0 Å². The lowest BCUT2D eigenvalue weighted by atomic mass is 10.0. The molecule has 0 aromatic heterocycles. The minimum Gasteiger partial charge on any atom is -0.394 e. The molecule has 1 unspecified atom stereocenters.